The number of carbonyl (C=O) groups excluding carboxylic acids is 2. The molecule has 0 aromatic carbocycles. The summed E-state index contributed by atoms with van der Waals surface area (Å²) in [5.74, 6) is -0.977. The fourth-order valence-electron chi connectivity index (χ4n) is 2.00. The van der Waals surface area contributed by atoms with Gasteiger partial charge in [0.1, 0.15) is 0 Å². The van der Waals surface area contributed by atoms with Gasteiger partial charge >= 0.3 is 5.97 Å². The molecular formula is C16H29ClO3. The van der Waals surface area contributed by atoms with Crippen LogP contribution in [0.3, 0.4) is 0 Å². The monoisotopic (exact) mass is 304 g/mol. The normalized spacial score (nSPS) is 12.2. The molecular weight excluding hydrogens is 276 g/mol. The number of unbranched alkanes of at least 4 members (excludes halogenated alkanes) is 9. The Morgan fingerprint density at radius 1 is 0.900 bits per heavy atom. The first-order valence-corrected chi connectivity index (χ1v) is 8.34. The number of hydrogen-bond acceptors (Lipinski definition) is 3. The molecule has 0 aromatic rings. The predicted molar refractivity (Wildman–Crippen MR) is 83.1 cm³/mol. The second-order valence-electron chi connectivity index (χ2n) is 5.32. The Bertz CT molecular complexity index is 266. The Balaban J connectivity index is 3.24. The fraction of sp³-hybridized carbons (Fsp3) is 0.875. The lowest BCUT2D eigenvalue weighted by Gasteiger charge is -2.07. The number of halogens is 1. The third-order valence-corrected chi connectivity index (χ3v) is 3.79. The average molecular weight is 305 g/mol. The van der Waals surface area contributed by atoms with Crippen molar-refractivity contribution < 1.29 is 14.3 Å². The Kier molecular flexibility index (Phi) is 13.0. The van der Waals surface area contributed by atoms with Crippen molar-refractivity contribution in [2.75, 3.05) is 6.61 Å². The van der Waals surface area contributed by atoms with Gasteiger partial charge < -0.3 is 4.74 Å². The molecule has 0 heterocycles. The van der Waals surface area contributed by atoms with E-state index in [1.54, 1.807) is 0 Å². The maximum Gasteiger partial charge on any atom is 0.331 e. The summed E-state index contributed by atoms with van der Waals surface area (Å²) in [7, 11) is 0. The lowest BCUT2D eigenvalue weighted by atomic mass is 10.1. The van der Waals surface area contributed by atoms with Crippen molar-refractivity contribution in [2.24, 2.45) is 0 Å². The van der Waals surface area contributed by atoms with Crippen LogP contribution < -0.4 is 0 Å². The molecule has 1 atom stereocenters. The number of alkyl halides is 1. The smallest absolute Gasteiger partial charge is 0.331 e. The third kappa shape index (κ3) is 11.3. The van der Waals surface area contributed by atoms with E-state index >= 15 is 0 Å². The molecule has 0 aliphatic heterocycles. The van der Waals surface area contributed by atoms with Gasteiger partial charge in [-0.1, -0.05) is 64.7 Å². The summed E-state index contributed by atoms with van der Waals surface area (Å²) in [5, 5.41) is -1.14. The lowest BCUT2D eigenvalue weighted by molar-refractivity contribution is -0.145. The first-order chi connectivity index (χ1) is 9.59. The van der Waals surface area contributed by atoms with Gasteiger partial charge in [0.2, 0.25) is 0 Å². The van der Waals surface area contributed by atoms with Gasteiger partial charge in [-0.2, -0.15) is 0 Å². The van der Waals surface area contributed by atoms with Gasteiger partial charge in [-0.25, -0.2) is 4.79 Å². The Labute approximate surface area is 128 Å². The molecule has 0 aliphatic carbocycles. The maximum absolute atomic E-state index is 11.3. The van der Waals surface area contributed by atoms with Crippen LogP contribution in [0.25, 0.3) is 0 Å². The molecule has 0 rings (SSSR count). The topological polar surface area (TPSA) is 43.4 Å². The molecule has 0 N–H and O–H groups in total. The molecule has 0 amide bonds. The SMILES string of the molecule is CCCCCCCCCCCCOC(=O)C(Cl)C(C)=O. The summed E-state index contributed by atoms with van der Waals surface area (Å²) in [5.41, 5.74) is 0. The van der Waals surface area contributed by atoms with Crippen LogP contribution in [0.1, 0.15) is 78.1 Å². The number of esters is 1. The van der Waals surface area contributed by atoms with Gasteiger partial charge in [0, 0.05) is 0 Å². The maximum atomic E-state index is 11.3. The van der Waals surface area contributed by atoms with E-state index in [4.69, 9.17) is 16.3 Å². The number of carbonyl (C=O) groups is 2. The Morgan fingerprint density at radius 3 is 1.80 bits per heavy atom. The molecule has 20 heavy (non-hydrogen) atoms. The van der Waals surface area contributed by atoms with Gasteiger partial charge in [0.15, 0.2) is 11.2 Å². The van der Waals surface area contributed by atoms with E-state index in [1.807, 2.05) is 0 Å². The molecule has 0 saturated carbocycles. The molecule has 0 bridgehead atoms. The molecule has 0 aliphatic rings. The van der Waals surface area contributed by atoms with Crippen LogP contribution in [0.5, 0.6) is 0 Å². The van der Waals surface area contributed by atoms with Crippen molar-refractivity contribution in [2.45, 2.75) is 83.4 Å². The minimum atomic E-state index is -1.14. The Hall–Kier alpha value is -0.570. The van der Waals surface area contributed by atoms with Crippen LogP contribution in [-0.4, -0.2) is 23.7 Å². The van der Waals surface area contributed by atoms with E-state index in [9.17, 15) is 9.59 Å². The first kappa shape index (κ1) is 19.4. The fourth-order valence-corrected chi connectivity index (χ4v) is 2.06. The zero-order valence-corrected chi connectivity index (χ0v) is 13.7. The van der Waals surface area contributed by atoms with E-state index < -0.39 is 11.3 Å². The second-order valence-corrected chi connectivity index (χ2v) is 5.76. The van der Waals surface area contributed by atoms with E-state index in [0.717, 1.165) is 12.8 Å². The molecule has 1 unspecified atom stereocenters. The van der Waals surface area contributed by atoms with E-state index in [2.05, 4.69) is 6.92 Å². The molecule has 0 aromatic heterocycles. The summed E-state index contributed by atoms with van der Waals surface area (Å²) in [4.78, 5) is 22.1. The zero-order chi connectivity index (χ0) is 15.2. The highest BCUT2D eigenvalue weighted by Crippen LogP contribution is 2.10. The highest BCUT2D eigenvalue weighted by Gasteiger charge is 2.21. The number of rotatable bonds is 13. The predicted octanol–water partition coefficient (Wildman–Crippen LogP) is 4.65. The molecule has 0 fully saturated rings. The molecule has 0 radical (unpaired) electrons. The van der Waals surface area contributed by atoms with Crippen molar-refractivity contribution in [3.8, 4) is 0 Å². The van der Waals surface area contributed by atoms with Crippen molar-refractivity contribution in [3.05, 3.63) is 0 Å². The second kappa shape index (κ2) is 13.4. The molecule has 4 heteroatoms. The number of Topliss-reactive ketones (excluding diaryl/α,β-unsaturated/α-hetero) is 1. The van der Waals surface area contributed by atoms with Gasteiger partial charge in [0.05, 0.1) is 6.61 Å². The minimum Gasteiger partial charge on any atom is -0.464 e. The summed E-state index contributed by atoms with van der Waals surface area (Å²) in [6.07, 6.45) is 12.4. The largest absolute Gasteiger partial charge is 0.464 e. The van der Waals surface area contributed by atoms with E-state index in [-0.39, 0.29) is 5.78 Å². The third-order valence-electron chi connectivity index (χ3n) is 3.31. The van der Waals surface area contributed by atoms with Crippen molar-refractivity contribution in [3.63, 3.8) is 0 Å². The summed E-state index contributed by atoms with van der Waals surface area (Å²) < 4.78 is 4.95. The molecule has 3 nitrogen and oxygen atoms in total. The van der Waals surface area contributed by atoms with Crippen molar-refractivity contribution in [1.82, 2.24) is 0 Å². The lowest BCUT2D eigenvalue weighted by Crippen LogP contribution is -2.24. The number of ether oxygens (including phenoxy) is 1. The van der Waals surface area contributed by atoms with Crippen LogP contribution in [0.4, 0.5) is 0 Å². The van der Waals surface area contributed by atoms with Crippen molar-refractivity contribution >= 4 is 23.4 Å². The van der Waals surface area contributed by atoms with Crippen molar-refractivity contribution in [1.29, 1.82) is 0 Å². The summed E-state index contributed by atoms with van der Waals surface area (Å²) in [6.45, 7) is 3.89. The highest BCUT2D eigenvalue weighted by atomic mass is 35.5. The number of ketones is 1. The summed E-state index contributed by atoms with van der Waals surface area (Å²) in [6, 6.07) is 0. The minimum absolute atomic E-state index is 0.361. The van der Waals surface area contributed by atoms with Crippen LogP contribution in [0, 0.1) is 0 Å². The molecule has 118 valence electrons. The quantitative estimate of drug-likeness (QED) is 0.215. The number of hydrogen-bond donors (Lipinski definition) is 0. The molecule has 0 spiro atoms. The molecule has 0 saturated heterocycles. The average Bonchev–Trinajstić information content (AvgIpc) is 2.43. The van der Waals surface area contributed by atoms with Gasteiger partial charge in [-0.3, -0.25) is 4.79 Å². The van der Waals surface area contributed by atoms with Crippen LogP contribution in [0.2, 0.25) is 0 Å². The van der Waals surface area contributed by atoms with Gasteiger partial charge in [-0.15, -0.1) is 11.6 Å². The van der Waals surface area contributed by atoms with Crippen LogP contribution in [-0.2, 0) is 14.3 Å². The zero-order valence-electron chi connectivity index (χ0n) is 13.0. The first-order valence-electron chi connectivity index (χ1n) is 7.90. The summed E-state index contributed by atoms with van der Waals surface area (Å²) >= 11 is 5.58. The van der Waals surface area contributed by atoms with Crippen LogP contribution >= 0.6 is 11.6 Å². The van der Waals surface area contributed by atoms with Crippen LogP contribution in [0.15, 0.2) is 0 Å². The van der Waals surface area contributed by atoms with Gasteiger partial charge in [0.25, 0.3) is 0 Å². The Morgan fingerprint density at radius 2 is 1.35 bits per heavy atom. The van der Waals surface area contributed by atoms with E-state index in [1.165, 1.54) is 58.3 Å². The van der Waals surface area contributed by atoms with E-state index in [0.29, 0.717) is 6.61 Å². The highest BCUT2D eigenvalue weighted by molar-refractivity contribution is 6.40. The van der Waals surface area contributed by atoms with Gasteiger partial charge in [-0.05, 0) is 13.3 Å². The standard InChI is InChI=1S/C16H29ClO3/c1-3-4-5-6-7-8-9-10-11-12-13-20-16(19)15(17)14(2)18/h15H,3-13H2,1-2H3.